The minimum atomic E-state index is 0.368. The first-order chi connectivity index (χ1) is 13.2. The number of aryl methyl sites for hydroxylation is 1. The third-order valence-electron chi connectivity index (χ3n) is 4.81. The number of aliphatic imine (C=N–C) groups is 1. The molecule has 0 aliphatic heterocycles. The van der Waals surface area contributed by atoms with Gasteiger partial charge in [0.1, 0.15) is 17.4 Å². The highest BCUT2D eigenvalue weighted by Crippen LogP contribution is 2.28. The fourth-order valence-corrected chi connectivity index (χ4v) is 3.25. The zero-order chi connectivity index (χ0) is 18.8. The van der Waals surface area contributed by atoms with Gasteiger partial charge in [-0.25, -0.2) is 4.99 Å². The quantitative estimate of drug-likeness (QED) is 0.453. The minimum Gasteiger partial charge on any atom is -0.442 e. The smallest absolute Gasteiger partial charge is 0.237 e. The van der Waals surface area contributed by atoms with Crippen LogP contribution in [0.3, 0.4) is 0 Å². The molecule has 2 heterocycles. The molecule has 27 heavy (non-hydrogen) atoms. The first-order valence-corrected chi connectivity index (χ1v) is 8.83. The third kappa shape index (κ3) is 3.16. The van der Waals surface area contributed by atoms with E-state index in [9.17, 15) is 5.26 Å². The largest absolute Gasteiger partial charge is 0.442 e. The van der Waals surface area contributed by atoms with Crippen LogP contribution in [0, 0.1) is 25.2 Å². The van der Waals surface area contributed by atoms with Crippen LogP contribution in [0.2, 0.25) is 0 Å². The summed E-state index contributed by atoms with van der Waals surface area (Å²) in [5, 5.41) is 10.5. The molecule has 0 fully saturated rings. The molecule has 4 heteroatoms. The minimum absolute atomic E-state index is 0.368. The molecule has 0 amide bonds. The highest BCUT2D eigenvalue weighted by Gasteiger charge is 2.13. The molecule has 0 saturated heterocycles. The van der Waals surface area contributed by atoms with Gasteiger partial charge >= 0.3 is 0 Å². The van der Waals surface area contributed by atoms with Crippen LogP contribution in [-0.4, -0.2) is 10.8 Å². The van der Waals surface area contributed by atoms with Crippen molar-refractivity contribution in [2.75, 3.05) is 0 Å². The lowest BCUT2D eigenvalue weighted by Crippen LogP contribution is -1.97. The van der Waals surface area contributed by atoms with E-state index in [-0.39, 0.29) is 0 Å². The number of hydrogen-bond acceptors (Lipinski definition) is 3. The molecule has 4 aromatic rings. The van der Waals surface area contributed by atoms with Gasteiger partial charge < -0.3 is 8.98 Å². The Hall–Kier alpha value is -3.58. The van der Waals surface area contributed by atoms with E-state index in [0.29, 0.717) is 11.4 Å². The topological polar surface area (TPSA) is 54.2 Å². The maximum absolute atomic E-state index is 9.36. The van der Waals surface area contributed by atoms with Crippen LogP contribution in [-0.2, 0) is 6.54 Å². The van der Waals surface area contributed by atoms with Gasteiger partial charge in [-0.3, -0.25) is 0 Å². The van der Waals surface area contributed by atoms with Gasteiger partial charge in [0, 0.05) is 41.0 Å². The lowest BCUT2D eigenvalue weighted by atomic mass is 10.2. The summed E-state index contributed by atoms with van der Waals surface area (Å²) in [4.78, 5) is 4.47. The number of aromatic nitrogens is 1. The van der Waals surface area contributed by atoms with E-state index in [0.717, 1.165) is 34.3 Å². The maximum atomic E-state index is 9.36. The summed E-state index contributed by atoms with van der Waals surface area (Å²) < 4.78 is 7.86. The molecule has 0 aliphatic rings. The normalized spacial score (nSPS) is 11.3. The van der Waals surface area contributed by atoms with E-state index in [1.54, 1.807) is 6.21 Å². The fourth-order valence-electron chi connectivity index (χ4n) is 3.25. The van der Waals surface area contributed by atoms with Crippen molar-refractivity contribution in [3.05, 3.63) is 88.8 Å². The molecule has 4 rings (SSSR count). The van der Waals surface area contributed by atoms with E-state index >= 15 is 0 Å². The van der Waals surface area contributed by atoms with Crippen LogP contribution in [0.25, 0.3) is 10.9 Å². The van der Waals surface area contributed by atoms with Crippen LogP contribution in [0.4, 0.5) is 5.88 Å². The molecule has 0 radical (unpaired) electrons. The van der Waals surface area contributed by atoms with Crippen molar-refractivity contribution in [2.45, 2.75) is 20.4 Å². The fraction of sp³-hybridized carbons (Fsp3) is 0.130. The molecule has 0 aliphatic carbocycles. The molecule has 132 valence electrons. The SMILES string of the molecule is Cc1oc(N=Cc2cn(Cc3ccccc3)c3ccccc23)c(C#N)c1C. The summed E-state index contributed by atoms with van der Waals surface area (Å²) in [6.45, 7) is 4.51. The Morgan fingerprint density at radius 1 is 1.07 bits per heavy atom. The van der Waals surface area contributed by atoms with Crippen molar-refractivity contribution in [1.82, 2.24) is 4.57 Å². The van der Waals surface area contributed by atoms with E-state index in [4.69, 9.17) is 4.42 Å². The number of nitriles is 1. The van der Waals surface area contributed by atoms with Crippen LogP contribution in [0.5, 0.6) is 0 Å². The van der Waals surface area contributed by atoms with Crippen LogP contribution >= 0.6 is 0 Å². The molecule has 0 saturated carbocycles. The molecule has 0 N–H and O–H groups in total. The first-order valence-electron chi connectivity index (χ1n) is 8.83. The molecule has 0 atom stereocenters. The summed E-state index contributed by atoms with van der Waals surface area (Å²) in [6.07, 6.45) is 3.87. The molecule has 2 aromatic carbocycles. The standard InChI is InChI=1S/C23H19N3O/c1-16-17(2)27-23(21(16)12-24)25-13-19-15-26(14-18-8-4-3-5-9-18)22-11-7-6-10-20(19)22/h3-11,13,15H,14H2,1-2H3. The maximum Gasteiger partial charge on any atom is 0.237 e. The number of nitrogens with zero attached hydrogens (tertiary/aromatic N) is 3. The van der Waals surface area contributed by atoms with Gasteiger partial charge in [0.2, 0.25) is 5.88 Å². The Labute approximate surface area is 158 Å². The number of para-hydroxylation sites is 1. The van der Waals surface area contributed by atoms with E-state index in [1.807, 2.05) is 44.2 Å². The molecular formula is C23H19N3O. The predicted octanol–water partition coefficient (Wildman–Crippen LogP) is 5.52. The predicted molar refractivity (Wildman–Crippen MR) is 108 cm³/mol. The van der Waals surface area contributed by atoms with Crippen molar-refractivity contribution in [3.8, 4) is 6.07 Å². The van der Waals surface area contributed by atoms with Crippen LogP contribution in [0.1, 0.15) is 28.0 Å². The van der Waals surface area contributed by atoms with Gasteiger partial charge in [-0.15, -0.1) is 0 Å². The van der Waals surface area contributed by atoms with Crippen LogP contribution in [0.15, 0.2) is 70.2 Å². The first kappa shape index (κ1) is 16.9. The van der Waals surface area contributed by atoms with Crippen molar-refractivity contribution in [1.29, 1.82) is 5.26 Å². The Kier molecular flexibility index (Phi) is 4.35. The number of fused-ring (bicyclic) bond motifs is 1. The number of furan rings is 1. The number of benzene rings is 2. The zero-order valence-corrected chi connectivity index (χ0v) is 15.3. The van der Waals surface area contributed by atoms with E-state index in [1.165, 1.54) is 5.56 Å². The Balaban J connectivity index is 1.75. The number of hydrogen-bond donors (Lipinski definition) is 0. The second-order valence-electron chi connectivity index (χ2n) is 6.55. The summed E-state index contributed by atoms with van der Waals surface area (Å²) >= 11 is 0. The average molecular weight is 353 g/mol. The molecule has 0 spiro atoms. The summed E-state index contributed by atoms with van der Waals surface area (Å²) in [6, 6.07) is 20.8. The molecule has 0 bridgehead atoms. The molecule has 2 aromatic heterocycles. The van der Waals surface area contributed by atoms with Gasteiger partial charge in [0.15, 0.2) is 0 Å². The van der Waals surface area contributed by atoms with Crippen molar-refractivity contribution < 1.29 is 4.42 Å². The van der Waals surface area contributed by atoms with E-state index in [2.05, 4.69) is 46.1 Å². The van der Waals surface area contributed by atoms with Gasteiger partial charge in [-0.05, 0) is 25.5 Å². The van der Waals surface area contributed by atoms with Gasteiger partial charge in [0.05, 0.1) is 0 Å². The highest BCUT2D eigenvalue weighted by molar-refractivity contribution is 6.00. The zero-order valence-electron chi connectivity index (χ0n) is 15.3. The summed E-state index contributed by atoms with van der Waals surface area (Å²) in [7, 11) is 0. The van der Waals surface area contributed by atoms with Gasteiger partial charge in [-0.1, -0.05) is 48.5 Å². The molecule has 4 nitrogen and oxygen atoms in total. The van der Waals surface area contributed by atoms with Crippen LogP contribution < -0.4 is 0 Å². The summed E-state index contributed by atoms with van der Waals surface area (Å²) in [5.74, 6) is 1.09. The third-order valence-corrected chi connectivity index (χ3v) is 4.81. The lowest BCUT2D eigenvalue weighted by Gasteiger charge is -2.05. The Morgan fingerprint density at radius 3 is 2.59 bits per heavy atom. The van der Waals surface area contributed by atoms with Crippen molar-refractivity contribution in [2.24, 2.45) is 4.99 Å². The van der Waals surface area contributed by atoms with E-state index < -0.39 is 0 Å². The van der Waals surface area contributed by atoms with Crippen molar-refractivity contribution >= 4 is 23.0 Å². The second kappa shape index (κ2) is 6.97. The average Bonchev–Trinajstić information content (AvgIpc) is 3.18. The highest BCUT2D eigenvalue weighted by atomic mass is 16.4. The number of rotatable bonds is 4. The Bertz CT molecular complexity index is 1170. The molecular weight excluding hydrogens is 334 g/mol. The van der Waals surface area contributed by atoms with Crippen molar-refractivity contribution in [3.63, 3.8) is 0 Å². The monoisotopic (exact) mass is 353 g/mol. The van der Waals surface area contributed by atoms with Gasteiger partial charge in [0.25, 0.3) is 0 Å². The summed E-state index contributed by atoms with van der Waals surface area (Å²) in [5.41, 5.74) is 4.73. The molecule has 0 unspecified atom stereocenters. The lowest BCUT2D eigenvalue weighted by molar-refractivity contribution is 0.542. The Morgan fingerprint density at radius 2 is 1.81 bits per heavy atom. The van der Waals surface area contributed by atoms with Gasteiger partial charge in [-0.2, -0.15) is 5.26 Å². The second-order valence-corrected chi connectivity index (χ2v) is 6.55.